The summed E-state index contributed by atoms with van der Waals surface area (Å²) in [5.41, 5.74) is 0.745. The van der Waals surface area contributed by atoms with Crippen LogP contribution in [0.4, 0.5) is 0 Å². The molecule has 35 heavy (non-hydrogen) atoms. The minimum Gasteiger partial charge on any atom is -0.455 e. The monoisotopic (exact) mass is 494 g/mol. The van der Waals surface area contributed by atoms with Gasteiger partial charge in [-0.15, -0.1) is 0 Å². The molecule has 1 saturated carbocycles. The predicted molar refractivity (Wildman–Crippen MR) is 124 cm³/mol. The number of cyclic esters (lactones) is 1. The van der Waals surface area contributed by atoms with Crippen LogP contribution in [0.3, 0.4) is 0 Å². The molecule has 0 aromatic carbocycles. The highest BCUT2D eigenvalue weighted by atomic mass is 16.7. The van der Waals surface area contributed by atoms with Crippen LogP contribution >= 0.6 is 0 Å². The van der Waals surface area contributed by atoms with Crippen molar-refractivity contribution in [2.24, 2.45) is 22.7 Å². The number of rotatable bonds is 5. The molecule has 0 spiro atoms. The molecule has 2 aliphatic carbocycles. The molecule has 4 aliphatic rings. The fraction of sp³-hybridized carbons (Fsp3) is 0.769. The van der Waals surface area contributed by atoms with E-state index in [2.05, 4.69) is 20.8 Å². The van der Waals surface area contributed by atoms with Gasteiger partial charge in [-0.25, -0.2) is 9.59 Å². The second kappa shape index (κ2) is 9.59. The molecule has 4 rings (SSSR count). The van der Waals surface area contributed by atoms with Gasteiger partial charge < -0.3 is 34.6 Å². The van der Waals surface area contributed by atoms with Crippen molar-refractivity contribution in [3.05, 3.63) is 23.3 Å². The van der Waals surface area contributed by atoms with Crippen molar-refractivity contribution in [2.75, 3.05) is 6.61 Å². The van der Waals surface area contributed by atoms with Gasteiger partial charge in [0.05, 0.1) is 6.61 Å². The summed E-state index contributed by atoms with van der Waals surface area (Å²) in [4.78, 5) is 25.3. The third kappa shape index (κ3) is 4.46. The zero-order valence-electron chi connectivity index (χ0n) is 20.8. The maximum Gasteiger partial charge on any atom is 0.336 e. The van der Waals surface area contributed by atoms with E-state index in [4.69, 9.17) is 14.2 Å². The van der Waals surface area contributed by atoms with Crippen LogP contribution in [0.15, 0.2) is 23.3 Å². The molecular formula is C26H38O9. The fourth-order valence-corrected chi connectivity index (χ4v) is 6.83. The average molecular weight is 495 g/mol. The minimum absolute atomic E-state index is 0.133. The van der Waals surface area contributed by atoms with Gasteiger partial charge in [0, 0.05) is 17.1 Å². The summed E-state index contributed by atoms with van der Waals surface area (Å²) >= 11 is 0. The van der Waals surface area contributed by atoms with Crippen LogP contribution in [0.2, 0.25) is 0 Å². The van der Waals surface area contributed by atoms with Crippen molar-refractivity contribution in [3.8, 4) is 0 Å². The molecule has 9 heteroatoms. The summed E-state index contributed by atoms with van der Waals surface area (Å²) in [6.45, 7) is 7.84. The molecule has 0 radical (unpaired) electrons. The molecule has 10 atom stereocenters. The predicted octanol–water partition coefficient (Wildman–Crippen LogP) is 1.37. The van der Waals surface area contributed by atoms with Crippen molar-refractivity contribution in [2.45, 2.75) is 96.6 Å². The van der Waals surface area contributed by atoms with E-state index in [1.54, 1.807) is 6.08 Å². The largest absolute Gasteiger partial charge is 0.455 e. The highest BCUT2D eigenvalue weighted by molar-refractivity contribution is 5.90. The van der Waals surface area contributed by atoms with Crippen LogP contribution in [0.1, 0.15) is 59.8 Å². The molecule has 2 fully saturated rings. The van der Waals surface area contributed by atoms with Crippen LogP contribution in [-0.2, 0) is 23.8 Å². The molecule has 0 aromatic heterocycles. The van der Waals surface area contributed by atoms with Gasteiger partial charge in [0.1, 0.15) is 30.5 Å². The first-order valence-electron chi connectivity index (χ1n) is 12.5. The van der Waals surface area contributed by atoms with Crippen LogP contribution in [0, 0.1) is 22.7 Å². The van der Waals surface area contributed by atoms with Crippen molar-refractivity contribution < 1.29 is 44.2 Å². The topological polar surface area (TPSA) is 143 Å². The summed E-state index contributed by atoms with van der Waals surface area (Å²) in [6.07, 6.45) is -0.376. The number of carbonyl (C=O) groups is 2. The van der Waals surface area contributed by atoms with Gasteiger partial charge >= 0.3 is 11.9 Å². The minimum atomic E-state index is -1.65. The van der Waals surface area contributed by atoms with E-state index in [9.17, 15) is 30.0 Å². The zero-order chi connectivity index (χ0) is 25.7. The molecule has 4 N–H and O–H groups in total. The van der Waals surface area contributed by atoms with Crippen LogP contribution in [-0.4, -0.2) is 75.8 Å². The summed E-state index contributed by atoms with van der Waals surface area (Å²) in [5.74, 6) is -0.460. The van der Waals surface area contributed by atoms with Gasteiger partial charge in [-0.3, -0.25) is 0 Å². The number of carbonyl (C=O) groups excluding carboxylic acids is 2. The van der Waals surface area contributed by atoms with Crippen LogP contribution in [0.25, 0.3) is 0 Å². The Hall–Kier alpha value is -1.78. The lowest BCUT2D eigenvalue weighted by molar-refractivity contribution is -0.291. The first kappa shape index (κ1) is 26.3. The van der Waals surface area contributed by atoms with Gasteiger partial charge in [0.25, 0.3) is 0 Å². The first-order chi connectivity index (χ1) is 16.4. The Kier molecular flexibility index (Phi) is 7.20. The van der Waals surface area contributed by atoms with E-state index in [1.807, 2.05) is 13.0 Å². The Labute approximate surface area is 205 Å². The van der Waals surface area contributed by atoms with E-state index in [1.165, 1.54) is 0 Å². The number of hydrogen-bond donors (Lipinski definition) is 4. The van der Waals surface area contributed by atoms with Gasteiger partial charge in [-0.2, -0.15) is 0 Å². The normalized spacial score (nSPS) is 45.8. The lowest BCUT2D eigenvalue weighted by Crippen LogP contribution is -2.59. The van der Waals surface area contributed by atoms with E-state index in [0.29, 0.717) is 24.3 Å². The molecule has 0 aromatic rings. The molecular weight excluding hydrogens is 456 g/mol. The van der Waals surface area contributed by atoms with Crippen molar-refractivity contribution in [3.63, 3.8) is 0 Å². The highest BCUT2D eigenvalue weighted by Gasteiger charge is 2.57. The smallest absolute Gasteiger partial charge is 0.336 e. The summed E-state index contributed by atoms with van der Waals surface area (Å²) in [5, 5.41) is 39.8. The van der Waals surface area contributed by atoms with Gasteiger partial charge in [0.2, 0.25) is 6.29 Å². The number of ether oxygens (including phenoxy) is 3. The van der Waals surface area contributed by atoms with E-state index < -0.39 is 48.7 Å². The summed E-state index contributed by atoms with van der Waals surface area (Å²) in [6, 6.07) is 0. The van der Waals surface area contributed by atoms with E-state index in [-0.39, 0.29) is 23.4 Å². The van der Waals surface area contributed by atoms with Crippen LogP contribution in [0.5, 0.6) is 0 Å². The molecule has 0 unspecified atom stereocenters. The molecule has 0 amide bonds. The molecule has 2 aliphatic heterocycles. The number of fused-ring (bicyclic) bond motifs is 1. The zero-order valence-corrected chi connectivity index (χ0v) is 20.8. The lowest BCUT2D eigenvalue weighted by Gasteiger charge is -2.58. The maximum absolute atomic E-state index is 13.4. The number of allylic oxidation sites excluding steroid dienone is 1. The molecule has 9 nitrogen and oxygen atoms in total. The summed E-state index contributed by atoms with van der Waals surface area (Å²) in [7, 11) is 0. The standard InChI is InChI=1S/C26H38O9/c1-13-10-19(28)33-16(13)11-26(4)14(2)8-9-25(3)15(6-5-7-18(25)26)23(32)35-24-22(31)21(30)20(29)17(12-27)34-24/h6,10,14,16-18,20-22,24,27,29-31H,5,7-9,11-12H2,1-4H3/t14-,16+,17-,18+,20-,21+,22-,24+,25-,26+/m1/s1. The average Bonchev–Trinajstić information content (AvgIpc) is 3.12. The third-order valence-electron chi connectivity index (χ3n) is 9.24. The molecule has 1 saturated heterocycles. The van der Waals surface area contributed by atoms with E-state index in [0.717, 1.165) is 24.8 Å². The molecule has 196 valence electrons. The Balaban J connectivity index is 1.55. The third-order valence-corrected chi connectivity index (χ3v) is 9.24. The molecule has 0 bridgehead atoms. The van der Waals surface area contributed by atoms with Crippen LogP contribution < -0.4 is 0 Å². The number of hydrogen-bond acceptors (Lipinski definition) is 9. The second-order valence-electron chi connectivity index (χ2n) is 11.2. The number of aliphatic hydroxyl groups is 4. The van der Waals surface area contributed by atoms with Gasteiger partial charge in [0.15, 0.2) is 0 Å². The Morgan fingerprint density at radius 3 is 2.51 bits per heavy atom. The second-order valence-corrected chi connectivity index (χ2v) is 11.2. The fourth-order valence-electron chi connectivity index (χ4n) is 6.83. The maximum atomic E-state index is 13.4. The lowest BCUT2D eigenvalue weighted by atomic mass is 9.46. The van der Waals surface area contributed by atoms with Crippen molar-refractivity contribution >= 4 is 11.9 Å². The number of aliphatic hydroxyl groups excluding tert-OH is 4. The SMILES string of the molecule is CC1=CC(=O)O[C@H]1C[C@@]1(C)[C@H](C)CC[C@]2(C)C(C(=O)O[C@@H]3O[C@H](CO)[C@@H](O)[C@H](O)[C@H]3O)=CCC[C@H]12. The Bertz CT molecular complexity index is 910. The van der Waals surface area contributed by atoms with Crippen molar-refractivity contribution in [1.29, 1.82) is 0 Å². The first-order valence-corrected chi connectivity index (χ1v) is 12.5. The summed E-state index contributed by atoms with van der Waals surface area (Å²) < 4.78 is 16.5. The quantitative estimate of drug-likeness (QED) is 0.417. The van der Waals surface area contributed by atoms with E-state index >= 15 is 0 Å². The van der Waals surface area contributed by atoms with Gasteiger partial charge in [-0.1, -0.05) is 26.8 Å². The number of esters is 2. The Morgan fingerprint density at radius 2 is 1.89 bits per heavy atom. The molecule has 2 heterocycles. The van der Waals surface area contributed by atoms with Crippen molar-refractivity contribution in [1.82, 2.24) is 0 Å². The highest BCUT2D eigenvalue weighted by Crippen LogP contribution is 2.62. The Morgan fingerprint density at radius 1 is 1.17 bits per heavy atom. The van der Waals surface area contributed by atoms with Gasteiger partial charge in [-0.05, 0) is 61.9 Å².